The van der Waals surface area contributed by atoms with E-state index in [0.29, 0.717) is 5.56 Å². The Labute approximate surface area is 148 Å². The smallest absolute Gasteiger partial charge is 0.255 e. The van der Waals surface area contributed by atoms with Crippen molar-refractivity contribution in [3.63, 3.8) is 0 Å². The second-order valence-corrected chi connectivity index (χ2v) is 6.17. The summed E-state index contributed by atoms with van der Waals surface area (Å²) in [6.07, 6.45) is 0. The molecule has 25 heavy (non-hydrogen) atoms. The van der Waals surface area contributed by atoms with Gasteiger partial charge in [-0.2, -0.15) is 0 Å². The van der Waals surface area contributed by atoms with Gasteiger partial charge >= 0.3 is 0 Å². The zero-order chi connectivity index (χ0) is 17.6. The van der Waals surface area contributed by atoms with Crippen molar-refractivity contribution < 1.29 is 4.79 Å². The third kappa shape index (κ3) is 4.48. The maximum atomic E-state index is 12.2. The zero-order valence-corrected chi connectivity index (χ0v) is 14.5. The van der Waals surface area contributed by atoms with Crippen LogP contribution >= 0.6 is 0 Å². The summed E-state index contributed by atoms with van der Waals surface area (Å²) in [7, 11) is 0. The van der Waals surface area contributed by atoms with Crippen LogP contribution in [0, 0.1) is 6.92 Å². The van der Waals surface area contributed by atoms with Crippen LogP contribution in [-0.4, -0.2) is 5.91 Å². The van der Waals surface area contributed by atoms with Crippen LogP contribution < -0.4 is 10.6 Å². The van der Waals surface area contributed by atoms with Crippen LogP contribution in [0.25, 0.3) is 0 Å². The maximum Gasteiger partial charge on any atom is 0.255 e. The number of anilines is 2. The first kappa shape index (κ1) is 16.8. The largest absolute Gasteiger partial charge is 0.379 e. The molecule has 0 aliphatic carbocycles. The SMILES string of the molecule is Cc1ccc(C(=O)Nc2ccc(NC(C)c3ccccc3)cc2)cc1. The lowest BCUT2D eigenvalue weighted by atomic mass is 10.1. The molecular weight excluding hydrogens is 308 g/mol. The van der Waals surface area contributed by atoms with Crippen LogP contribution in [0.15, 0.2) is 78.9 Å². The molecule has 2 N–H and O–H groups in total. The van der Waals surface area contributed by atoms with E-state index in [9.17, 15) is 4.79 Å². The van der Waals surface area contributed by atoms with E-state index in [1.807, 2.05) is 73.7 Å². The molecule has 3 aromatic rings. The Morgan fingerprint density at radius 1 is 0.800 bits per heavy atom. The number of nitrogens with one attached hydrogen (secondary N) is 2. The van der Waals surface area contributed by atoms with Gasteiger partial charge in [-0.3, -0.25) is 4.79 Å². The lowest BCUT2D eigenvalue weighted by Gasteiger charge is -2.16. The predicted molar refractivity (Wildman–Crippen MR) is 104 cm³/mol. The molecule has 0 aliphatic heterocycles. The summed E-state index contributed by atoms with van der Waals surface area (Å²) in [5, 5.41) is 6.39. The summed E-state index contributed by atoms with van der Waals surface area (Å²) in [6.45, 7) is 4.13. The van der Waals surface area contributed by atoms with Crippen molar-refractivity contribution in [1.82, 2.24) is 0 Å². The van der Waals surface area contributed by atoms with E-state index in [1.54, 1.807) is 0 Å². The highest BCUT2D eigenvalue weighted by Crippen LogP contribution is 2.21. The van der Waals surface area contributed by atoms with Gasteiger partial charge in [0.15, 0.2) is 0 Å². The number of benzene rings is 3. The number of carbonyl (C=O) groups excluding carboxylic acids is 1. The highest BCUT2D eigenvalue weighted by atomic mass is 16.1. The molecule has 3 nitrogen and oxygen atoms in total. The highest BCUT2D eigenvalue weighted by Gasteiger charge is 2.07. The Balaban J connectivity index is 1.62. The first-order valence-electron chi connectivity index (χ1n) is 8.41. The molecule has 0 bridgehead atoms. The van der Waals surface area contributed by atoms with Crippen LogP contribution in [0.5, 0.6) is 0 Å². The van der Waals surface area contributed by atoms with Gasteiger partial charge < -0.3 is 10.6 Å². The van der Waals surface area contributed by atoms with Crippen molar-refractivity contribution in [2.75, 3.05) is 10.6 Å². The van der Waals surface area contributed by atoms with Gasteiger partial charge in [0, 0.05) is 23.0 Å². The minimum atomic E-state index is -0.0987. The van der Waals surface area contributed by atoms with Gasteiger partial charge in [0.25, 0.3) is 5.91 Å². The first-order valence-corrected chi connectivity index (χ1v) is 8.41. The van der Waals surface area contributed by atoms with Crippen molar-refractivity contribution in [3.8, 4) is 0 Å². The summed E-state index contributed by atoms with van der Waals surface area (Å²) in [5.74, 6) is -0.0987. The van der Waals surface area contributed by atoms with E-state index in [4.69, 9.17) is 0 Å². The van der Waals surface area contributed by atoms with Crippen LogP contribution in [0.4, 0.5) is 11.4 Å². The fraction of sp³-hybridized carbons (Fsp3) is 0.136. The summed E-state index contributed by atoms with van der Waals surface area (Å²) >= 11 is 0. The van der Waals surface area contributed by atoms with Crippen molar-refractivity contribution in [3.05, 3.63) is 95.6 Å². The average molecular weight is 330 g/mol. The second-order valence-electron chi connectivity index (χ2n) is 6.17. The van der Waals surface area contributed by atoms with Gasteiger partial charge in [-0.15, -0.1) is 0 Å². The Hall–Kier alpha value is -3.07. The minimum Gasteiger partial charge on any atom is -0.379 e. The number of aryl methyl sites for hydroxylation is 1. The van der Waals surface area contributed by atoms with Crippen molar-refractivity contribution in [1.29, 1.82) is 0 Å². The van der Waals surface area contributed by atoms with Gasteiger partial charge in [0.2, 0.25) is 0 Å². The standard InChI is InChI=1S/C22H22N2O/c1-16-8-10-19(11-9-16)22(25)24-21-14-12-20(13-15-21)23-17(2)18-6-4-3-5-7-18/h3-15,17,23H,1-2H3,(H,24,25). The quantitative estimate of drug-likeness (QED) is 0.656. The van der Waals surface area contributed by atoms with Gasteiger partial charge in [-0.25, -0.2) is 0 Å². The third-order valence-electron chi connectivity index (χ3n) is 4.14. The highest BCUT2D eigenvalue weighted by molar-refractivity contribution is 6.04. The molecule has 0 saturated heterocycles. The van der Waals surface area contributed by atoms with Gasteiger partial charge in [0.1, 0.15) is 0 Å². The fourth-order valence-electron chi connectivity index (χ4n) is 2.63. The second kappa shape index (κ2) is 7.67. The summed E-state index contributed by atoms with van der Waals surface area (Å²) in [4.78, 5) is 12.2. The van der Waals surface area contributed by atoms with E-state index < -0.39 is 0 Å². The van der Waals surface area contributed by atoms with Crippen LogP contribution in [0.3, 0.4) is 0 Å². The number of rotatable bonds is 5. The van der Waals surface area contributed by atoms with Gasteiger partial charge in [-0.1, -0.05) is 48.0 Å². The molecule has 0 fully saturated rings. The van der Waals surface area contributed by atoms with Crippen LogP contribution in [0.2, 0.25) is 0 Å². The third-order valence-corrected chi connectivity index (χ3v) is 4.14. The number of hydrogen-bond acceptors (Lipinski definition) is 2. The Morgan fingerprint density at radius 2 is 1.40 bits per heavy atom. The Morgan fingerprint density at radius 3 is 2.04 bits per heavy atom. The molecule has 1 unspecified atom stereocenters. The molecule has 3 heteroatoms. The number of hydrogen-bond donors (Lipinski definition) is 2. The fourth-order valence-corrected chi connectivity index (χ4v) is 2.63. The normalized spacial score (nSPS) is 11.6. The molecule has 1 amide bonds. The average Bonchev–Trinajstić information content (AvgIpc) is 2.64. The number of carbonyl (C=O) groups is 1. The molecule has 0 spiro atoms. The maximum absolute atomic E-state index is 12.2. The van der Waals surface area contributed by atoms with Crippen molar-refractivity contribution in [2.45, 2.75) is 19.9 Å². The summed E-state index contributed by atoms with van der Waals surface area (Å²) < 4.78 is 0. The first-order chi connectivity index (χ1) is 12.1. The lowest BCUT2D eigenvalue weighted by molar-refractivity contribution is 0.102. The molecule has 3 rings (SSSR count). The molecule has 0 aliphatic rings. The van der Waals surface area contributed by atoms with E-state index in [1.165, 1.54) is 5.56 Å². The zero-order valence-electron chi connectivity index (χ0n) is 14.5. The van der Waals surface area contributed by atoms with E-state index in [2.05, 4.69) is 29.7 Å². The van der Waals surface area contributed by atoms with Crippen LogP contribution in [-0.2, 0) is 0 Å². The van der Waals surface area contributed by atoms with Gasteiger partial charge in [-0.05, 0) is 55.8 Å². The molecule has 0 aromatic heterocycles. The van der Waals surface area contributed by atoms with E-state index >= 15 is 0 Å². The molecule has 0 saturated carbocycles. The summed E-state index contributed by atoms with van der Waals surface area (Å²) in [6, 6.07) is 25.8. The number of amides is 1. The van der Waals surface area contributed by atoms with E-state index in [-0.39, 0.29) is 11.9 Å². The molecule has 1 atom stereocenters. The molecule has 126 valence electrons. The topological polar surface area (TPSA) is 41.1 Å². The molecule has 3 aromatic carbocycles. The molecular formula is C22H22N2O. The van der Waals surface area contributed by atoms with Gasteiger partial charge in [0.05, 0.1) is 0 Å². The monoisotopic (exact) mass is 330 g/mol. The molecule has 0 radical (unpaired) electrons. The lowest BCUT2D eigenvalue weighted by Crippen LogP contribution is -2.12. The van der Waals surface area contributed by atoms with Crippen molar-refractivity contribution in [2.24, 2.45) is 0 Å². The minimum absolute atomic E-state index is 0.0987. The van der Waals surface area contributed by atoms with E-state index in [0.717, 1.165) is 16.9 Å². The van der Waals surface area contributed by atoms with Crippen molar-refractivity contribution >= 4 is 17.3 Å². The Kier molecular flexibility index (Phi) is 5.14. The Bertz CT molecular complexity index is 824. The van der Waals surface area contributed by atoms with Crippen LogP contribution in [0.1, 0.15) is 34.5 Å². The molecule has 0 heterocycles. The summed E-state index contributed by atoms with van der Waals surface area (Å²) in [5.41, 5.74) is 4.83. The predicted octanol–water partition coefficient (Wildman–Crippen LogP) is 5.42.